The molecule has 2 aromatic heterocycles. The normalized spacial score (nSPS) is 14.6. The van der Waals surface area contributed by atoms with Gasteiger partial charge in [-0.2, -0.15) is 0 Å². The minimum Gasteiger partial charge on any atom is -0.357 e. The molecule has 3 aromatic rings. The Morgan fingerprint density at radius 2 is 1.67 bits per heavy atom. The summed E-state index contributed by atoms with van der Waals surface area (Å²) in [6.45, 7) is 1.46. The molecule has 1 fully saturated rings. The molecule has 0 unspecified atom stereocenters. The zero-order valence-corrected chi connectivity index (χ0v) is 14.4. The molecule has 0 radical (unpaired) electrons. The first-order valence-corrected chi connectivity index (χ1v) is 8.57. The van der Waals surface area contributed by atoms with Gasteiger partial charge in [0.15, 0.2) is 0 Å². The van der Waals surface area contributed by atoms with E-state index in [0.717, 1.165) is 0 Å². The number of rotatable bonds is 2. The van der Waals surface area contributed by atoms with Gasteiger partial charge in [-0.1, -0.05) is 0 Å². The van der Waals surface area contributed by atoms with Crippen molar-refractivity contribution in [3.63, 3.8) is 0 Å². The van der Waals surface area contributed by atoms with Crippen molar-refractivity contribution >= 4 is 22.7 Å². The molecule has 1 aliphatic heterocycles. The third-order valence-corrected chi connectivity index (χ3v) is 4.72. The number of H-pyrrole nitrogens is 2. The molecule has 1 aromatic carbocycles. The first-order chi connectivity index (χ1) is 13.0. The Morgan fingerprint density at radius 3 is 2.33 bits per heavy atom. The van der Waals surface area contributed by atoms with Gasteiger partial charge >= 0.3 is 0 Å². The van der Waals surface area contributed by atoms with Crippen LogP contribution in [0.15, 0.2) is 47.4 Å². The van der Waals surface area contributed by atoms with E-state index < -0.39 is 11.4 Å². The Morgan fingerprint density at radius 1 is 0.963 bits per heavy atom. The lowest BCUT2D eigenvalue weighted by molar-refractivity contribution is 0.0533. The number of amides is 2. The molecular weight excluding hydrogens is 351 g/mol. The zero-order chi connectivity index (χ0) is 19.0. The zero-order valence-electron chi connectivity index (χ0n) is 14.4. The van der Waals surface area contributed by atoms with Gasteiger partial charge in [-0.3, -0.25) is 14.4 Å². The Bertz CT molecular complexity index is 1070. The largest absolute Gasteiger partial charge is 0.357 e. The molecule has 4 rings (SSSR count). The van der Waals surface area contributed by atoms with E-state index in [4.69, 9.17) is 0 Å². The number of nitrogens with zero attached hydrogens (tertiary/aromatic N) is 2. The van der Waals surface area contributed by atoms with Crippen LogP contribution in [0.25, 0.3) is 10.9 Å². The van der Waals surface area contributed by atoms with E-state index >= 15 is 0 Å². The Kier molecular flexibility index (Phi) is 4.23. The monoisotopic (exact) mass is 368 g/mol. The summed E-state index contributed by atoms with van der Waals surface area (Å²) in [5.74, 6) is -0.940. The van der Waals surface area contributed by atoms with Crippen molar-refractivity contribution in [1.29, 1.82) is 0 Å². The SMILES string of the molecule is O=C(c1ccc[nH]1)N1CCN(C(=O)c2cc(=O)[nH]c3ccc(F)cc23)CC1. The smallest absolute Gasteiger partial charge is 0.270 e. The molecule has 0 aliphatic carbocycles. The Labute approximate surface area is 153 Å². The van der Waals surface area contributed by atoms with Gasteiger partial charge < -0.3 is 19.8 Å². The lowest BCUT2D eigenvalue weighted by Gasteiger charge is -2.34. The molecule has 2 amide bonds. The molecule has 2 N–H and O–H groups in total. The predicted molar refractivity (Wildman–Crippen MR) is 97.1 cm³/mol. The van der Waals surface area contributed by atoms with Crippen molar-refractivity contribution in [2.75, 3.05) is 26.2 Å². The van der Waals surface area contributed by atoms with Crippen molar-refractivity contribution in [3.05, 3.63) is 70.0 Å². The van der Waals surface area contributed by atoms with E-state index in [2.05, 4.69) is 9.97 Å². The van der Waals surface area contributed by atoms with E-state index in [1.165, 1.54) is 24.3 Å². The van der Waals surface area contributed by atoms with Crippen LogP contribution in [0, 0.1) is 5.82 Å². The summed E-state index contributed by atoms with van der Waals surface area (Å²) in [4.78, 5) is 45.9. The topological polar surface area (TPSA) is 89.3 Å². The van der Waals surface area contributed by atoms with Crippen molar-refractivity contribution in [3.8, 4) is 0 Å². The fourth-order valence-electron chi connectivity index (χ4n) is 3.32. The summed E-state index contributed by atoms with van der Waals surface area (Å²) in [5, 5.41) is 0.365. The standard InChI is InChI=1S/C19H17FN4O3/c20-12-3-4-15-13(10-12)14(11-17(25)22-15)18(26)23-6-8-24(9-7-23)19(27)16-2-1-5-21-16/h1-5,10-11,21H,6-9H2,(H,22,25). The molecule has 27 heavy (non-hydrogen) atoms. The number of aromatic amines is 2. The number of pyridine rings is 1. The summed E-state index contributed by atoms with van der Waals surface area (Å²) >= 11 is 0. The van der Waals surface area contributed by atoms with E-state index in [0.29, 0.717) is 42.8 Å². The summed E-state index contributed by atoms with van der Waals surface area (Å²) in [7, 11) is 0. The molecule has 8 heteroatoms. The van der Waals surface area contributed by atoms with Crippen LogP contribution in [0.1, 0.15) is 20.8 Å². The Hall–Kier alpha value is -3.42. The van der Waals surface area contributed by atoms with Gasteiger partial charge in [0.2, 0.25) is 5.56 Å². The quantitative estimate of drug-likeness (QED) is 0.720. The Balaban J connectivity index is 1.55. The number of carbonyl (C=O) groups is 2. The summed E-state index contributed by atoms with van der Waals surface area (Å²) in [6.07, 6.45) is 1.68. The molecule has 0 saturated carbocycles. The molecule has 0 atom stereocenters. The highest BCUT2D eigenvalue weighted by molar-refractivity contribution is 6.06. The number of aromatic nitrogens is 2. The molecule has 1 aliphatic rings. The van der Waals surface area contributed by atoms with E-state index in [1.807, 2.05) is 0 Å². The molecule has 0 bridgehead atoms. The van der Waals surface area contributed by atoms with Crippen LogP contribution in [-0.4, -0.2) is 57.8 Å². The van der Waals surface area contributed by atoms with Crippen molar-refractivity contribution in [2.24, 2.45) is 0 Å². The predicted octanol–water partition coefficient (Wildman–Crippen LogP) is 1.59. The van der Waals surface area contributed by atoms with Crippen molar-refractivity contribution in [2.45, 2.75) is 0 Å². The maximum atomic E-state index is 13.6. The fraction of sp³-hybridized carbons (Fsp3) is 0.211. The van der Waals surface area contributed by atoms with Gasteiger partial charge in [0.1, 0.15) is 11.5 Å². The first-order valence-electron chi connectivity index (χ1n) is 8.57. The molecule has 1 saturated heterocycles. The number of carbonyl (C=O) groups excluding carboxylic acids is 2. The fourth-order valence-corrected chi connectivity index (χ4v) is 3.32. The van der Waals surface area contributed by atoms with Gasteiger partial charge in [-0.25, -0.2) is 4.39 Å². The average Bonchev–Trinajstić information content (AvgIpc) is 3.21. The third kappa shape index (κ3) is 3.21. The number of piperazine rings is 1. The van der Waals surface area contributed by atoms with Crippen LogP contribution in [-0.2, 0) is 0 Å². The number of halogens is 1. The van der Waals surface area contributed by atoms with Gasteiger partial charge in [-0.05, 0) is 30.3 Å². The van der Waals surface area contributed by atoms with E-state index in [1.54, 1.807) is 28.1 Å². The second kappa shape index (κ2) is 6.71. The second-order valence-corrected chi connectivity index (χ2v) is 6.41. The summed E-state index contributed by atoms with van der Waals surface area (Å²) in [5.41, 5.74) is 0.661. The summed E-state index contributed by atoms with van der Waals surface area (Å²) < 4.78 is 13.6. The van der Waals surface area contributed by atoms with Crippen LogP contribution in [0.4, 0.5) is 4.39 Å². The highest BCUT2D eigenvalue weighted by Crippen LogP contribution is 2.19. The van der Waals surface area contributed by atoms with Gasteiger partial charge in [0.25, 0.3) is 11.8 Å². The van der Waals surface area contributed by atoms with Crippen LogP contribution in [0.3, 0.4) is 0 Å². The van der Waals surface area contributed by atoms with Gasteiger partial charge in [0, 0.05) is 49.3 Å². The lowest BCUT2D eigenvalue weighted by Crippen LogP contribution is -2.50. The van der Waals surface area contributed by atoms with Crippen LogP contribution in [0.2, 0.25) is 0 Å². The van der Waals surface area contributed by atoms with Crippen molar-refractivity contribution < 1.29 is 14.0 Å². The summed E-state index contributed by atoms with van der Waals surface area (Å²) in [6, 6.07) is 8.57. The van der Waals surface area contributed by atoms with Crippen LogP contribution < -0.4 is 5.56 Å². The first kappa shape index (κ1) is 17.0. The highest BCUT2D eigenvalue weighted by Gasteiger charge is 2.27. The number of nitrogens with one attached hydrogen (secondary N) is 2. The van der Waals surface area contributed by atoms with E-state index in [-0.39, 0.29) is 17.4 Å². The number of hydrogen-bond donors (Lipinski definition) is 2. The minimum atomic E-state index is -0.482. The maximum Gasteiger partial charge on any atom is 0.270 e. The molecular formula is C19H17FN4O3. The number of hydrogen-bond acceptors (Lipinski definition) is 3. The minimum absolute atomic E-state index is 0.115. The van der Waals surface area contributed by atoms with Crippen LogP contribution in [0.5, 0.6) is 0 Å². The van der Waals surface area contributed by atoms with Gasteiger partial charge in [0.05, 0.1) is 5.56 Å². The molecule has 3 heterocycles. The highest BCUT2D eigenvalue weighted by atomic mass is 19.1. The second-order valence-electron chi connectivity index (χ2n) is 6.41. The molecule has 0 spiro atoms. The third-order valence-electron chi connectivity index (χ3n) is 4.72. The molecule has 7 nitrogen and oxygen atoms in total. The molecule has 138 valence electrons. The lowest BCUT2D eigenvalue weighted by atomic mass is 10.1. The van der Waals surface area contributed by atoms with Gasteiger partial charge in [-0.15, -0.1) is 0 Å². The van der Waals surface area contributed by atoms with E-state index in [9.17, 15) is 18.8 Å². The van der Waals surface area contributed by atoms with Crippen molar-refractivity contribution in [1.82, 2.24) is 19.8 Å². The average molecular weight is 368 g/mol. The number of fused-ring (bicyclic) bond motifs is 1. The maximum absolute atomic E-state index is 13.6. The van der Waals surface area contributed by atoms with Crippen LogP contribution >= 0.6 is 0 Å². The number of benzene rings is 1.